The van der Waals surface area contributed by atoms with E-state index in [9.17, 15) is 12.8 Å². The molecule has 40 heavy (non-hydrogen) atoms. The Labute approximate surface area is 232 Å². The Morgan fingerprint density at radius 2 is 1.98 bits per heavy atom. The van der Waals surface area contributed by atoms with Crippen LogP contribution in [0.5, 0.6) is 23.0 Å². The summed E-state index contributed by atoms with van der Waals surface area (Å²) in [5, 5.41) is 0.334. The quantitative estimate of drug-likeness (QED) is 0.213. The Bertz CT molecular complexity index is 1560. The number of ether oxygens (including phenoxy) is 3. The average Bonchev–Trinajstić information content (AvgIpc) is 3.49. The third kappa shape index (κ3) is 6.31. The molecule has 4 aromatic rings. The Balaban J connectivity index is 1.29. The highest BCUT2D eigenvalue weighted by Crippen LogP contribution is 2.38. The molecule has 0 radical (unpaired) electrons. The summed E-state index contributed by atoms with van der Waals surface area (Å²) in [5.41, 5.74) is 0.625. The predicted octanol–water partition coefficient (Wildman–Crippen LogP) is 6.21. The van der Waals surface area contributed by atoms with Crippen LogP contribution < -0.4 is 18.9 Å². The topological polar surface area (TPSA) is 103 Å². The number of rotatable bonds is 11. The van der Waals surface area contributed by atoms with Gasteiger partial charge in [-0.3, -0.25) is 9.71 Å². The standard InChI is InChI=1S/C29H32FN3O6S/c1-20-7-3-4-13-33(20)14-6-16-37-28-19-24-22(18-27(28)36-2)25(11-12-31-24)39-26-10-9-21(17-23(26)30)32-40(34,35)29-8-5-15-38-29/h5,8-12,15,17-20,32H,3-4,6-7,13-14,16H2,1-2H3. The van der Waals surface area contributed by atoms with Crippen molar-refractivity contribution in [2.75, 3.05) is 31.5 Å². The first-order valence-electron chi connectivity index (χ1n) is 13.2. The minimum Gasteiger partial charge on any atom is -0.493 e. The van der Waals surface area contributed by atoms with Crippen LogP contribution in [0.1, 0.15) is 32.6 Å². The van der Waals surface area contributed by atoms with E-state index in [0.29, 0.717) is 40.8 Å². The van der Waals surface area contributed by atoms with Crippen LogP contribution in [0.15, 0.2) is 70.5 Å². The molecule has 3 heterocycles. The lowest BCUT2D eigenvalue weighted by atomic mass is 10.0. The van der Waals surface area contributed by atoms with Crippen LogP contribution in [0.2, 0.25) is 0 Å². The Morgan fingerprint density at radius 1 is 1.10 bits per heavy atom. The molecule has 1 fully saturated rings. The fraction of sp³-hybridized carbons (Fsp3) is 0.345. The number of likely N-dealkylation sites (tertiary alicyclic amines) is 1. The molecule has 0 saturated carbocycles. The van der Waals surface area contributed by atoms with Crippen LogP contribution in [0.3, 0.4) is 0 Å². The zero-order valence-corrected chi connectivity index (χ0v) is 23.2. The molecule has 1 atom stereocenters. The normalized spacial score (nSPS) is 16.1. The first-order valence-corrected chi connectivity index (χ1v) is 14.7. The van der Waals surface area contributed by atoms with Crippen molar-refractivity contribution in [3.63, 3.8) is 0 Å². The van der Waals surface area contributed by atoms with Gasteiger partial charge in [0, 0.05) is 36.3 Å². The summed E-state index contributed by atoms with van der Waals surface area (Å²) in [7, 11) is -2.42. The number of piperidine rings is 1. The molecule has 2 aromatic heterocycles. The van der Waals surface area contributed by atoms with E-state index >= 15 is 0 Å². The monoisotopic (exact) mass is 569 g/mol. The maximum absolute atomic E-state index is 14.9. The van der Waals surface area contributed by atoms with Gasteiger partial charge in [0.15, 0.2) is 23.1 Å². The van der Waals surface area contributed by atoms with Crippen molar-refractivity contribution >= 4 is 26.6 Å². The summed E-state index contributed by atoms with van der Waals surface area (Å²) >= 11 is 0. The van der Waals surface area contributed by atoms with Crippen LogP contribution in [0, 0.1) is 5.82 Å². The number of benzene rings is 2. The third-order valence-electron chi connectivity index (χ3n) is 6.94. The second-order valence-corrected chi connectivity index (χ2v) is 11.3. The second-order valence-electron chi connectivity index (χ2n) is 9.70. The Morgan fingerprint density at radius 3 is 2.73 bits per heavy atom. The van der Waals surface area contributed by atoms with Crippen LogP contribution in [0.25, 0.3) is 10.9 Å². The molecule has 1 N–H and O–H groups in total. The largest absolute Gasteiger partial charge is 0.493 e. The molecule has 1 aliphatic rings. The van der Waals surface area contributed by atoms with Gasteiger partial charge in [-0.05, 0) is 69.1 Å². The number of halogens is 1. The number of methoxy groups -OCH3 is 1. The van der Waals surface area contributed by atoms with E-state index in [1.807, 2.05) is 0 Å². The second kappa shape index (κ2) is 12.1. The smallest absolute Gasteiger partial charge is 0.295 e. The van der Waals surface area contributed by atoms with Gasteiger partial charge in [-0.25, -0.2) is 4.39 Å². The number of pyridine rings is 1. The summed E-state index contributed by atoms with van der Waals surface area (Å²) in [6.45, 7) is 4.95. The van der Waals surface area contributed by atoms with Crippen molar-refractivity contribution < 1.29 is 31.4 Å². The Kier molecular flexibility index (Phi) is 8.41. The highest BCUT2D eigenvalue weighted by molar-refractivity contribution is 7.92. The average molecular weight is 570 g/mol. The highest BCUT2D eigenvalue weighted by atomic mass is 32.2. The predicted molar refractivity (Wildman–Crippen MR) is 149 cm³/mol. The van der Waals surface area contributed by atoms with E-state index in [4.69, 9.17) is 18.6 Å². The van der Waals surface area contributed by atoms with E-state index in [1.54, 1.807) is 31.5 Å². The number of sulfonamides is 1. The van der Waals surface area contributed by atoms with Gasteiger partial charge in [0.05, 0.1) is 31.2 Å². The van der Waals surface area contributed by atoms with Crippen LogP contribution >= 0.6 is 0 Å². The fourth-order valence-corrected chi connectivity index (χ4v) is 5.79. The number of anilines is 1. The van der Waals surface area contributed by atoms with Gasteiger partial charge >= 0.3 is 0 Å². The van der Waals surface area contributed by atoms with Gasteiger partial charge in [0.25, 0.3) is 10.0 Å². The van der Waals surface area contributed by atoms with E-state index in [0.717, 1.165) is 25.6 Å². The van der Waals surface area contributed by atoms with E-state index in [-0.39, 0.29) is 16.5 Å². The van der Waals surface area contributed by atoms with Crippen molar-refractivity contribution in [2.24, 2.45) is 0 Å². The lowest BCUT2D eigenvalue weighted by molar-refractivity contribution is 0.148. The molecule has 1 aliphatic heterocycles. The van der Waals surface area contributed by atoms with Crippen molar-refractivity contribution in [2.45, 2.75) is 43.7 Å². The summed E-state index contributed by atoms with van der Waals surface area (Å²) in [6, 6.07) is 12.3. The first-order chi connectivity index (χ1) is 19.3. The summed E-state index contributed by atoms with van der Waals surface area (Å²) in [6.07, 6.45) is 7.50. The molecular weight excluding hydrogens is 537 g/mol. The maximum Gasteiger partial charge on any atom is 0.295 e. The van der Waals surface area contributed by atoms with Crippen LogP contribution in [-0.4, -0.2) is 51.1 Å². The molecule has 11 heteroatoms. The zero-order valence-electron chi connectivity index (χ0n) is 22.4. The molecule has 5 rings (SSSR count). The van der Waals surface area contributed by atoms with Crippen LogP contribution in [-0.2, 0) is 10.0 Å². The van der Waals surface area contributed by atoms with Gasteiger partial charge in [0.1, 0.15) is 5.75 Å². The molecule has 212 valence electrons. The summed E-state index contributed by atoms with van der Waals surface area (Å²) in [5.74, 6) is 0.613. The van der Waals surface area contributed by atoms with Crippen molar-refractivity contribution in [3.05, 3.63) is 66.8 Å². The molecule has 0 aliphatic carbocycles. The summed E-state index contributed by atoms with van der Waals surface area (Å²) < 4.78 is 64.4. The van der Waals surface area contributed by atoms with Gasteiger partial charge < -0.3 is 23.5 Å². The zero-order chi connectivity index (χ0) is 28.1. The molecular formula is C29H32FN3O6S. The number of furan rings is 1. The summed E-state index contributed by atoms with van der Waals surface area (Å²) in [4.78, 5) is 6.94. The third-order valence-corrected chi connectivity index (χ3v) is 8.21. The number of nitrogens with zero attached hydrogens (tertiary/aromatic N) is 2. The van der Waals surface area contributed by atoms with E-state index in [2.05, 4.69) is 21.5 Å². The lowest BCUT2D eigenvalue weighted by Gasteiger charge is -2.33. The molecule has 1 saturated heterocycles. The lowest BCUT2D eigenvalue weighted by Crippen LogP contribution is -2.38. The molecule has 0 spiro atoms. The van der Waals surface area contributed by atoms with Crippen molar-refractivity contribution in [1.29, 1.82) is 0 Å². The minimum atomic E-state index is -3.98. The molecule has 1 unspecified atom stereocenters. The van der Waals surface area contributed by atoms with Crippen molar-refractivity contribution in [1.82, 2.24) is 9.88 Å². The van der Waals surface area contributed by atoms with Crippen LogP contribution in [0.4, 0.5) is 10.1 Å². The highest BCUT2D eigenvalue weighted by Gasteiger charge is 2.20. The molecule has 0 amide bonds. The number of hydrogen-bond acceptors (Lipinski definition) is 8. The van der Waals surface area contributed by atoms with Gasteiger partial charge in [-0.1, -0.05) is 6.42 Å². The number of fused-ring (bicyclic) bond motifs is 1. The van der Waals surface area contributed by atoms with Gasteiger partial charge in [-0.15, -0.1) is 0 Å². The first kappa shape index (κ1) is 27.7. The van der Waals surface area contributed by atoms with Crippen molar-refractivity contribution in [3.8, 4) is 23.0 Å². The van der Waals surface area contributed by atoms with E-state index in [1.165, 1.54) is 49.8 Å². The number of hydrogen-bond donors (Lipinski definition) is 1. The molecule has 2 aromatic carbocycles. The molecule has 0 bridgehead atoms. The van der Waals surface area contributed by atoms with Gasteiger partial charge in [0.2, 0.25) is 5.09 Å². The van der Waals surface area contributed by atoms with Gasteiger partial charge in [-0.2, -0.15) is 8.42 Å². The number of nitrogens with one attached hydrogen (secondary N) is 1. The molecule has 9 nitrogen and oxygen atoms in total. The SMILES string of the molecule is COc1cc2c(Oc3ccc(NS(=O)(=O)c4ccco4)cc3F)ccnc2cc1OCCCN1CCCCC1C. The Hall–Kier alpha value is -3.83. The number of aromatic nitrogens is 1. The van der Waals surface area contributed by atoms with E-state index < -0.39 is 15.8 Å². The maximum atomic E-state index is 14.9. The minimum absolute atomic E-state index is 0.0269. The fourth-order valence-electron chi connectivity index (χ4n) is 4.82.